The number of pyridine rings is 1. The Labute approximate surface area is 130 Å². The van der Waals surface area contributed by atoms with Gasteiger partial charge in [-0.3, -0.25) is 4.98 Å². The number of hydrogen-bond acceptors (Lipinski definition) is 5. The molecule has 0 unspecified atom stereocenters. The Kier molecular flexibility index (Phi) is 3.41. The monoisotopic (exact) mass is 295 g/mol. The number of anilines is 3. The van der Waals surface area contributed by atoms with E-state index in [1.807, 2.05) is 24.5 Å². The van der Waals surface area contributed by atoms with E-state index in [0.29, 0.717) is 6.04 Å². The molecule has 2 aromatic rings. The van der Waals surface area contributed by atoms with Crippen LogP contribution in [0, 0.1) is 5.41 Å². The highest BCUT2D eigenvalue weighted by molar-refractivity contribution is 5.57. The summed E-state index contributed by atoms with van der Waals surface area (Å²) in [4.78, 5) is 12.8. The van der Waals surface area contributed by atoms with Crippen molar-refractivity contribution in [2.24, 2.45) is 5.41 Å². The third-order valence-electron chi connectivity index (χ3n) is 4.96. The van der Waals surface area contributed by atoms with Gasteiger partial charge < -0.3 is 10.6 Å². The molecule has 2 saturated carbocycles. The fourth-order valence-electron chi connectivity index (χ4n) is 3.30. The van der Waals surface area contributed by atoms with Crippen LogP contribution in [0.5, 0.6) is 0 Å². The van der Waals surface area contributed by atoms with Crippen LogP contribution in [0.25, 0.3) is 0 Å². The zero-order valence-electron chi connectivity index (χ0n) is 12.6. The molecule has 0 atom stereocenters. The van der Waals surface area contributed by atoms with Crippen LogP contribution in [0.4, 0.5) is 17.3 Å². The minimum absolute atomic E-state index is 0.533. The van der Waals surface area contributed by atoms with Crippen molar-refractivity contribution in [3.8, 4) is 0 Å². The van der Waals surface area contributed by atoms with Crippen molar-refractivity contribution in [2.75, 3.05) is 10.6 Å². The highest BCUT2D eigenvalue weighted by Gasteiger charge is 2.44. The molecule has 0 radical (unpaired) electrons. The normalized spacial score (nSPS) is 19.8. The first-order valence-corrected chi connectivity index (χ1v) is 8.07. The lowest BCUT2D eigenvalue weighted by Crippen LogP contribution is -2.27. The van der Waals surface area contributed by atoms with E-state index >= 15 is 0 Å². The van der Waals surface area contributed by atoms with Crippen molar-refractivity contribution in [1.29, 1.82) is 0 Å². The highest BCUT2D eigenvalue weighted by Crippen LogP contribution is 2.56. The first kappa shape index (κ1) is 13.5. The van der Waals surface area contributed by atoms with E-state index in [4.69, 9.17) is 0 Å². The van der Waals surface area contributed by atoms with E-state index in [1.54, 1.807) is 12.4 Å². The van der Waals surface area contributed by atoms with Gasteiger partial charge in [-0.1, -0.05) is 0 Å². The Bertz CT molecular complexity index is 611. The summed E-state index contributed by atoms with van der Waals surface area (Å²) in [5.41, 5.74) is 2.61. The smallest absolute Gasteiger partial charge is 0.222 e. The summed E-state index contributed by atoms with van der Waals surface area (Å²) >= 11 is 0. The minimum Gasteiger partial charge on any atom is -0.353 e. The largest absolute Gasteiger partial charge is 0.353 e. The van der Waals surface area contributed by atoms with Crippen LogP contribution in [-0.2, 0) is 0 Å². The lowest BCUT2D eigenvalue weighted by Gasteiger charge is -2.28. The average Bonchev–Trinajstić information content (AvgIpc) is 3.32. The highest BCUT2D eigenvalue weighted by atomic mass is 15.1. The Morgan fingerprint density at radius 1 is 0.909 bits per heavy atom. The van der Waals surface area contributed by atoms with Crippen molar-refractivity contribution < 1.29 is 0 Å². The van der Waals surface area contributed by atoms with Crippen molar-refractivity contribution >= 4 is 17.3 Å². The molecule has 2 heterocycles. The topological polar surface area (TPSA) is 62.7 Å². The molecule has 2 aromatic heterocycles. The predicted molar refractivity (Wildman–Crippen MR) is 87.1 cm³/mol. The Hall–Kier alpha value is -2.17. The van der Waals surface area contributed by atoms with Crippen molar-refractivity contribution in [3.05, 3.63) is 36.9 Å². The lowest BCUT2D eigenvalue weighted by atomic mass is 9.83. The average molecular weight is 295 g/mol. The molecule has 0 saturated heterocycles. The van der Waals surface area contributed by atoms with Gasteiger partial charge in [-0.05, 0) is 56.1 Å². The van der Waals surface area contributed by atoms with Gasteiger partial charge in [-0.2, -0.15) is 0 Å². The van der Waals surface area contributed by atoms with E-state index < -0.39 is 0 Å². The Balaban J connectivity index is 1.33. The van der Waals surface area contributed by atoms with Crippen LogP contribution >= 0.6 is 0 Å². The fourth-order valence-corrected chi connectivity index (χ4v) is 3.30. The second kappa shape index (κ2) is 5.55. The Morgan fingerprint density at radius 3 is 2.23 bits per heavy atom. The summed E-state index contributed by atoms with van der Waals surface area (Å²) in [6, 6.07) is 4.37. The molecule has 0 aromatic carbocycles. The lowest BCUT2D eigenvalue weighted by molar-refractivity contribution is 0.316. The molecule has 2 N–H and O–H groups in total. The second-order valence-corrected chi connectivity index (χ2v) is 6.57. The number of nitrogens with zero attached hydrogens (tertiary/aromatic N) is 3. The molecule has 114 valence electrons. The second-order valence-electron chi connectivity index (χ2n) is 6.57. The van der Waals surface area contributed by atoms with Gasteiger partial charge in [0.1, 0.15) is 0 Å². The number of aromatic nitrogens is 3. The summed E-state index contributed by atoms with van der Waals surface area (Å²) in [6.45, 7) is 0. The van der Waals surface area contributed by atoms with Crippen LogP contribution in [0.3, 0.4) is 0 Å². The molecule has 5 heteroatoms. The molecule has 1 spiro atoms. The van der Waals surface area contributed by atoms with Crippen LogP contribution in [0.15, 0.2) is 36.9 Å². The first-order chi connectivity index (χ1) is 10.8. The van der Waals surface area contributed by atoms with Gasteiger partial charge in [-0.15, -0.1) is 0 Å². The SMILES string of the molecule is c1cc(Nc2cnc(NC3CCC4(CC3)CC4)nc2)ccn1. The Morgan fingerprint density at radius 2 is 1.59 bits per heavy atom. The zero-order valence-corrected chi connectivity index (χ0v) is 12.6. The molecular weight excluding hydrogens is 274 g/mol. The molecule has 0 amide bonds. The summed E-state index contributed by atoms with van der Waals surface area (Å²) in [7, 11) is 0. The van der Waals surface area contributed by atoms with Crippen LogP contribution in [0.1, 0.15) is 38.5 Å². The zero-order chi connectivity index (χ0) is 14.8. The van der Waals surface area contributed by atoms with E-state index in [-0.39, 0.29) is 0 Å². The van der Waals surface area contributed by atoms with Gasteiger partial charge in [0.2, 0.25) is 5.95 Å². The van der Waals surface area contributed by atoms with Crippen molar-refractivity contribution in [2.45, 2.75) is 44.6 Å². The molecule has 2 aliphatic rings. The number of rotatable bonds is 4. The molecule has 2 aliphatic carbocycles. The maximum absolute atomic E-state index is 4.42. The molecule has 5 nitrogen and oxygen atoms in total. The van der Waals surface area contributed by atoms with E-state index in [0.717, 1.165) is 22.7 Å². The van der Waals surface area contributed by atoms with Gasteiger partial charge in [0.15, 0.2) is 0 Å². The minimum atomic E-state index is 0.533. The molecule has 2 fully saturated rings. The number of hydrogen-bond donors (Lipinski definition) is 2. The predicted octanol–water partition coefficient (Wildman–Crippen LogP) is 3.75. The van der Waals surface area contributed by atoms with Crippen molar-refractivity contribution in [3.63, 3.8) is 0 Å². The van der Waals surface area contributed by atoms with Crippen LogP contribution in [-0.4, -0.2) is 21.0 Å². The van der Waals surface area contributed by atoms with Crippen LogP contribution < -0.4 is 10.6 Å². The summed E-state index contributed by atoms with van der Waals surface area (Å²) in [5, 5.41) is 6.74. The van der Waals surface area contributed by atoms with Crippen molar-refractivity contribution in [1.82, 2.24) is 15.0 Å². The van der Waals surface area contributed by atoms with Gasteiger partial charge in [-0.25, -0.2) is 9.97 Å². The molecule has 0 aliphatic heterocycles. The fraction of sp³-hybridized carbons (Fsp3) is 0.471. The first-order valence-electron chi connectivity index (χ1n) is 8.07. The quantitative estimate of drug-likeness (QED) is 0.899. The summed E-state index contributed by atoms with van der Waals surface area (Å²) < 4.78 is 0. The summed E-state index contributed by atoms with van der Waals surface area (Å²) in [5.74, 6) is 0.733. The van der Waals surface area contributed by atoms with Crippen LogP contribution in [0.2, 0.25) is 0 Å². The van der Waals surface area contributed by atoms with Gasteiger partial charge in [0.25, 0.3) is 0 Å². The van der Waals surface area contributed by atoms with E-state index in [2.05, 4.69) is 25.6 Å². The molecule has 0 bridgehead atoms. The third kappa shape index (κ3) is 3.03. The van der Waals surface area contributed by atoms with E-state index in [1.165, 1.54) is 38.5 Å². The van der Waals surface area contributed by atoms with Gasteiger partial charge in [0.05, 0.1) is 18.1 Å². The summed E-state index contributed by atoms with van der Waals surface area (Å²) in [6.07, 6.45) is 15.3. The maximum Gasteiger partial charge on any atom is 0.222 e. The standard InChI is InChI=1S/C17H21N5/c1-5-17(7-8-17)6-2-13(1)22-16-19-11-15(12-20-16)21-14-3-9-18-10-4-14/h3-4,9-13H,1-2,5-8H2,(H,18,21)(H,19,20,22). The molecule has 4 rings (SSSR count). The van der Waals surface area contributed by atoms with Gasteiger partial charge >= 0.3 is 0 Å². The molecule has 22 heavy (non-hydrogen) atoms. The molecular formula is C17H21N5. The van der Waals surface area contributed by atoms with E-state index in [9.17, 15) is 0 Å². The maximum atomic E-state index is 4.42. The van der Waals surface area contributed by atoms with Gasteiger partial charge in [0, 0.05) is 24.1 Å². The third-order valence-corrected chi connectivity index (χ3v) is 4.96. The number of nitrogens with one attached hydrogen (secondary N) is 2.